The molecule has 2 rings (SSSR count). The molecule has 0 fully saturated rings. The van der Waals surface area contributed by atoms with Crippen LogP contribution in [0.3, 0.4) is 0 Å². The predicted molar refractivity (Wildman–Crippen MR) is 65.3 cm³/mol. The Hall–Kier alpha value is -1.32. The van der Waals surface area contributed by atoms with E-state index >= 15 is 0 Å². The quantitative estimate of drug-likeness (QED) is 0.772. The summed E-state index contributed by atoms with van der Waals surface area (Å²) in [5.74, 6) is 0.492. The molecule has 0 aliphatic carbocycles. The van der Waals surface area contributed by atoms with Crippen LogP contribution < -0.4 is 4.74 Å². The van der Waals surface area contributed by atoms with Crippen molar-refractivity contribution in [2.45, 2.75) is 5.88 Å². The van der Waals surface area contributed by atoms with Crippen LogP contribution in [0.2, 0.25) is 5.02 Å². The minimum Gasteiger partial charge on any atom is -0.439 e. The second-order valence-electron chi connectivity index (χ2n) is 3.31. The van der Waals surface area contributed by atoms with Crippen LogP contribution in [0.5, 0.6) is 11.6 Å². The highest BCUT2D eigenvalue weighted by Gasteiger charge is 2.07. The van der Waals surface area contributed by atoms with Crippen LogP contribution in [-0.4, -0.2) is 4.98 Å². The number of halogens is 3. The van der Waals surface area contributed by atoms with Crippen LogP contribution in [0.4, 0.5) is 4.39 Å². The van der Waals surface area contributed by atoms with E-state index in [1.165, 1.54) is 6.07 Å². The van der Waals surface area contributed by atoms with E-state index in [1.807, 2.05) is 0 Å². The number of ether oxygens (including phenoxy) is 1. The Labute approximate surface area is 108 Å². The van der Waals surface area contributed by atoms with Gasteiger partial charge in [0.15, 0.2) is 0 Å². The highest BCUT2D eigenvalue weighted by Crippen LogP contribution is 2.26. The summed E-state index contributed by atoms with van der Waals surface area (Å²) in [5, 5.41) is 0.553. The number of hydrogen-bond acceptors (Lipinski definition) is 2. The first-order valence-electron chi connectivity index (χ1n) is 4.83. The summed E-state index contributed by atoms with van der Waals surface area (Å²) in [7, 11) is 0. The monoisotopic (exact) mass is 271 g/mol. The molecule has 1 aromatic heterocycles. The topological polar surface area (TPSA) is 22.1 Å². The molecular weight excluding hydrogens is 264 g/mol. The molecule has 2 aromatic rings. The summed E-state index contributed by atoms with van der Waals surface area (Å²) in [4.78, 5) is 3.85. The van der Waals surface area contributed by atoms with Crippen molar-refractivity contribution in [3.63, 3.8) is 0 Å². The maximum Gasteiger partial charge on any atom is 0.223 e. The van der Waals surface area contributed by atoms with E-state index in [0.29, 0.717) is 16.3 Å². The molecule has 1 aromatic carbocycles. The van der Waals surface area contributed by atoms with Crippen LogP contribution in [0.25, 0.3) is 0 Å². The zero-order valence-corrected chi connectivity index (χ0v) is 10.2. The highest BCUT2D eigenvalue weighted by atomic mass is 35.5. The minimum absolute atomic E-state index is 0.126. The fourth-order valence-electron chi connectivity index (χ4n) is 1.30. The van der Waals surface area contributed by atoms with Gasteiger partial charge in [0.1, 0.15) is 11.6 Å². The van der Waals surface area contributed by atoms with E-state index in [9.17, 15) is 4.39 Å². The van der Waals surface area contributed by atoms with E-state index in [-0.39, 0.29) is 11.8 Å². The lowest BCUT2D eigenvalue weighted by atomic mass is 10.3. The van der Waals surface area contributed by atoms with Crippen molar-refractivity contribution in [2.24, 2.45) is 0 Å². The van der Waals surface area contributed by atoms with Crippen LogP contribution in [0, 0.1) is 5.82 Å². The number of hydrogen-bond donors (Lipinski definition) is 0. The minimum atomic E-state index is -0.445. The Morgan fingerprint density at radius 1 is 1.29 bits per heavy atom. The molecular formula is C12H8Cl2FNO. The molecule has 2 nitrogen and oxygen atoms in total. The van der Waals surface area contributed by atoms with Crippen LogP contribution in [-0.2, 0) is 5.88 Å². The van der Waals surface area contributed by atoms with Crippen molar-refractivity contribution in [3.8, 4) is 11.6 Å². The third-order valence-corrected chi connectivity index (χ3v) is 2.57. The van der Waals surface area contributed by atoms with Crippen molar-refractivity contribution >= 4 is 23.2 Å². The summed E-state index contributed by atoms with van der Waals surface area (Å²) in [6.07, 6.45) is 1.08. The molecule has 0 bridgehead atoms. The molecule has 0 amide bonds. The molecule has 88 valence electrons. The Morgan fingerprint density at radius 2 is 2.12 bits per heavy atom. The molecule has 0 saturated carbocycles. The maximum atomic E-state index is 12.9. The van der Waals surface area contributed by atoms with Gasteiger partial charge in [-0.2, -0.15) is 0 Å². The van der Waals surface area contributed by atoms with Crippen LogP contribution >= 0.6 is 23.2 Å². The van der Waals surface area contributed by atoms with Crippen LogP contribution in [0.15, 0.2) is 36.5 Å². The van der Waals surface area contributed by atoms with Gasteiger partial charge in [-0.1, -0.05) is 17.7 Å². The number of alkyl halides is 1. The van der Waals surface area contributed by atoms with Gasteiger partial charge in [-0.3, -0.25) is 0 Å². The zero-order valence-electron chi connectivity index (χ0n) is 8.66. The molecule has 0 unspecified atom stereocenters. The lowest BCUT2D eigenvalue weighted by Crippen LogP contribution is -1.94. The third kappa shape index (κ3) is 3.08. The van der Waals surface area contributed by atoms with Gasteiger partial charge in [-0.15, -0.1) is 11.6 Å². The summed E-state index contributed by atoms with van der Waals surface area (Å²) in [6.45, 7) is 0. The standard InChI is InChI=1S/C12H8Cl2FNO/c13-6-8-4-10(15)7-16-12(8)17-11-3-1-2-9(14)5-11/h1-5,7H,6H2. The summed E-state index contributed by atoms with van der Waals surface area (Å²) >= 11 is 11.5. The van der Waals surface area contributed by atoms with E-state index in [2.05, 4.69) is 4.98 Å². The largest absolute Gasteiger partial charge is 0.439 e. The van der Waals surface area contributed by atoms with Crippen molar-refractivity contribution in [1.29, 1.82) is 0 Å². The normalized spacial score (nSPS) is 10.3. The van der Waals surface area contributed by atoms with E-state index in [0.717, 1.165) is 6.20 Å². The van der Waals surface area contributed by atoms with Gasteiger partial charge in [0.25, 0.3) is 0 Å². The van der Waals surface area contributed by atoms with Crippen molar-refractivity contribution in [2.75, 3.05) is 0 Å². The number of rotatable bonds is 3. The van der Waals surface area contributed by atoms with Gasteiger partial charge < -0.3 is 4.74 Å². The molecule has 0 radical (unpaired) electrons. The van der Waals surface area contributed by atoms with E-state index < -0.39 is 5.82 Å². The van der Waals surface area contributed by atoms with Gasteiger partial charge in [-0.25, -0.2) is 9.37 Å². The first-order chi connectivity index (χ1) is 8.19. The molecule has 0 spiro atoms. The first kappa shape index (κ1) is 12.1. The molecule has 17 heavy (non-hydrogen) atoms. The second-order valence-corrected chi connectivity index (χ2v) is 4.01. The maximum absolute atomic E-state index is 12.9. The van der Waals surface area contributed by atoms with E-state index in [4.69, 9.17) is 27.9 Å². The van der Waals surface area contributed by atoms with Gasteiger partial charge in [0, 0.05) is 10.6 Å². The number of aromatic nitrogens is 1. The Kier molecular flexibility index (Phi) is 3.82. The smallest absolute Gasteiger partial charge is 0.223 e. The Balaban J connectivity index is 2.29. The Bertz CT molecular complexity index is 534. The van der Waals surface area contributed by atoms with Crippen molar-refractivity contribution in [1.82, 2.24) is 4.98 Å². The van der Waals surface area contributed by atoms with Crippen molar-refractivity contribution < 1.29 is 9.13 Å². The number of benzene rings is 1. The average Bonchev–Trinajstić information content (AvgIpc) is 2.31. The fraction of sp³-hybridized carbons (Fsp3) is 0.0833. The van der Waals surface area contributed by atoms with Crippen LogP contribution in [0.1, 0.15) is 5.56 Å². The molecule has 0 saturated heterocycles. The van der Waals surface area contributed by atoms with Gasteiger partial charge in [-0.05, 0) is 24.3 Å². The molecule has 0 aliphatic rings. The fourth-order valence-corrected chi connectivity index (χ4v) is 1.67. The molecule has 0 atom stereocenters. The number of nitrogens with zero attached hydrogens (tertiary/aromatic N) is 1. The molecule has 0 aliphatic heterocycles. The third-order valence-electron chi connectivity index (χ3n) is 2.05. The summed E-state index contributed by atoms with van der Waals surface area (Å²) < 4.78 is 18.4. The summed E-state index contributed by atoms with van der Waals surface area (Å²) in [6, 6.07) is 8.15. The molecule has 5 heteroatoms. The van der Waals surface area contributed by atoms with Crippen molar-refractivity contribution in [3.05, 3.63) is 52.9 Å². The average molecular weight is 272 g/mol. The highest BCUT2D eigenvalue weighted by molar-refractivity contribution is 6.30. The lowest BCUT2D eigenvalue weighted by molar-refractivity contribution is 0.454. The van der Waals surface area contributed by atoms with Gasteiger partial charge in [0.05, 0.1) is 12.1 Å². The molecule has 0 N–H and O–H groups in total. The lowest BCUT2D eigenvalue weighted by Gasteiger charge is -2.08. The Morgan fingerprint density at radius 3 is 2.82 bits per heavy atom. The second kappa shape index (κ2) is 5.34. The van der Waals surface area contributed by atoms with Gasteiger partial charge in [0.2, 0.25) is 5.88 Å². The SMILES string of the molecule is Fc1cnc(Oc2cccc(Cl)c2)c(CCl)c1. The summed E-state index contributed by atoms with van der Waals surface area (Å²) in [5.41, 5.74) is 0.492. The predicted octanol–water partition coefficient (Wildman–Crippen LogP) is 4.41. The number of pyridine rings is 1. The first-order valence-corrected chi connectivity index (χ1v) is 5.74. The zero-order chi connectivity index (χ0) is 12.3. The molecule has 1 heterocycles. The van der Waals surface area contributed by atoms with Gasteiger partial charge >= 0.3 is 0 Å². The van der Waals surface area contributed by atoms with E-state index in [1.54, 1.807) is 24.3 Å².